The number of hydrogen-bond donors (Lipinski definition) is 2. The van der Waals surface area contributed by atoms with Crippen molar-refractivity contribution in [2.75, 3.05) is 19.5 Å². The predicted octanol–water partition coefficient (Wildman–Crippen LogP) is 4.54. The van der Waals surface area contributed by atoms with E-state index < -0.39 is 11.7 Å². The lowest BCUT2D eigenvalue weighted by Gasteiger charge is -2.11. The number of rotatable bonds is 6. The Bertz CT molecular complexity index is 1360. The van der Waals surface area contributed by atoms with E-state index in [9.17, 15) is 18.4 Å². The van der Waals surface area contributed by atoms with Gasteiger partial charge in [-0.3, -0.25) is 0 Å². The van der Waals surface area contributed by atoms with E-state index in [0.29, 0.717) is 23.6 Å². The molecule has 0 unspecified atom stereocenters. The number of halogens is 3. The number of pyridine rings is 1. The average Bonchev–Trinajstić information content (AvgIpc) is 3.25. The molecule has 0 atom stereocenters. The summed E-state index contributed by atoms with van der Waals surface area (Å²) in [6, 6.07) is 8.35. The fourth-order valence-electron chi connectivity index (χ4n) is 3.28. The highest BCUT2D eigenvalue weighted by Gasteiger charge is 2.31. The molecule has 0 saturated carbocycles. The van der Waals surface area contributed by atoms with E-state index in [0.717, 1.165) is 17.8 Å². The van der Waals surface area contributed by atoms with Gasteiger partial charge in [-0.15, -0.1) is 0 Å². The minimum absolute atomic E-state index is 0.116. The first-order valence-electron chi connectivity index (χ1n) is 9.60. The number of nitrogens with zero attached hydrogens (tertiary/aromatic N) is 4. The molecular formula is C22H17F3N6O2. The minimum Gasteiger partial charge on any atom is -0.493 e. The van der Waals surface area contributed by atoms with Crippen LogP contribution in [-0.2, 0) is 12.7 Å². The second-order valence-corrected chi connectivity index (χ2v) is 6.93. The van der Waals surface area contributed by atoms with Crippen LogP contribution in [0.2, 0.25) is 0 Å². The number of benzene rings is 1. The van der Waals surface area contributed by atoms with Crippen LogP contribution < -0.4 is 14.8 Å². The molecule has 168 valence electrons. The van der Waals surface area contributed by atoms with Gasteiger partial charge in [-0.05, 0) is 23.8 Å². The smallest absolute Gasteiger partial charge is 0.417 e. The summed E-state index contributed by atoms with van der Waals surface area (Å²) in [6.45, 7) is 0.333. The number of methoxy groups -OCH3 is 2. The van der Waals surface area contributed by atoms with E-state index >= 15 is 0 Å². The van der Waals surface area contributed by atoms with Gasteiger partial charge in [0.15, 0.2) is 11.5 Å². The van der Waals surface area contributed by atoms with Crippen molar-refractivity contribution in [2.45, 2.75) is 12.7 Å². The highest BCUT2D eigenvalue weighted by Crippen LogP contribution is 2.35. The molecule has 0 aliphatic carbocycles. The largest absolute Gasteiger partial charge is 0.493 e. The molecule has 0 aliphatic heterocycles. The molecule has 0 spiro atoms. The highest BCUT2D eigenvalue weighted by atomic mass is 19.4. The number of hydrogen-bond acceptors (Lipinski definition) is 7. The molecule has 2 N–H and O–H groups in total. The molecule has 0 saturated heterocycles. The molecule has 33 heavy (non-hydrogen) atoms. The van der Waals surface area contributed by atoms with E-state index in [1.165, 1.54) is 19.5 Å². The van der Waals surface area contributed by atoms with Crippen molar-refractivity contribution in [3.63, 3.8) is 0 Å². The Kier molecular flexibility index (Phi) is 5.74. The molecule has 4 rings (SSSR count). The summed E-state index contributed by atoms with van der Waals surface area (Å²) in [5.41, 5.74) is 0.834. The lowest BCUT2D eigenvalue weighted by Crippen LogP contribution is -2.06. The molecule has 0 aliphatic rings. The second-order valence-electron chi connectivity index (χ2n) is 6.93. The number of aromatic amines is 1. The van der Waals surface area contributed by atoms with E-state index in [-0.39, 0.29) is 28.2 Å². The van der Waals surface area contributed by atoms with Crippen LogP contribution in [0.4, 0.5) is 19.1 Å². The Morgan fingerprint density at radius 1 is 1.09 bits per heavy atom. The average molecular weight is 454 g/mol. The van der Waals surface area contributed by atoms with Crippen LogP contribution in [0.25, 0.3) is 22.3 Å². The van der Waals surface area contributed by atoms with Crippen LogP contribution >= 0.6 is 0 Å². The molecule has 1 aromatic carbocycles. The number of fused-ring (bicyclic) bond motifs is 1. The zero-order valence-electron chi connectivity index (χ0n) is 17.5. The summed E-state index contributed by atoms with van der Waals surface area (Å²) in [5, 5.41) is 12.8. The van der Waals surface area contributed by atoms with Crippen LogP contribution in [0.1, 0.15) is 16.7 Å². The lowest BCUT2D eigenvalue weighted by molar-refractivity contribution is -0.137. The molecule has 0 radical (unpaired) electrons. The Morgan fingerprint density at radius 2 is 1.88 bits per heavy atom. The van der Waals surface area contributed by atoms with Gasteiger partial charge in [0.1, 0.15) is 11.7 Å². The highest BCUT2D eigenvalue weighted by molar-refractivity contribution is 5.94. The summed E-state index contributed by atoms with van der Waals surface area (Å²) in [5.74, 6) is 1.35. The molecule has 8 nitrogen and oxygen atoms in total. The zero-order valence-corrected chi connectivity index (χ0v) is 17.5. The van der Waals surface area contributed by atoms with Crippen LogP contribution in [-0.4, -0.2) is 34.2 Å². The summed E-state index contributed by atoms with van der Waals surface area (Å²) < 4.78 is 50.0. The van der Waals surface area contributed by atoms with E-state index in [4.69, 9.17) is 9.47 Å². The zero-order chi connectivity index (χ0) is 23.6. The first-order chi connectivity index (χ1) is 15.8. The third-order valence-electron chi connectivity index (χ3n) is 4.92. The first kappa shape index (κ1) is 21.9. The molecule has 3 aromatic heterocycles. The topological polar surface area (TPSA) is 109 Å². The number of nitriles is 1. The van der Waals surface area contributed by atoms with Gasteiger partial charge in [0.25, 0.3) is 0 Å². The number of nitrogens with one attached hydrogen (secondary N) is 2. The van der Waals surface area contributed by atoms with E-state index in [2.05, 4.69) is 25.3 Å². The fraction of sp³-hybridized carbons (Fsp3) is 0.182. The summed E-state index contributed by atoms with van der Waals surface area (Å²) in [4.78, 5) is 15.2. The van der Waals surface area contributed by atoms with Gasteiger partial charge in [-0.1, -0.05) is 6.07 Å². The maximum atomic E-state index is 13.2. The summed E-state index contributed by atoms with van der Waals surface area (Å²) >= 11 is 0. The van der Waals surface area contributed by atoms with Crippen molar-refractivity contribution in [1.29, 1.82) is 5.26 Å². The lowest BCUT2D eigenvalue weighted by atomic mass is 10.1. The molecule has 0 amide bonds. The third-order valence-corrected chi connectivity index (χ3v) is 4.92. The number of alkyl halides is 3. The van der Waals surface area contributed by atoms with Crippen molar-refractivity contribution in [1.82, 2.24) is 19.9 Å². The van der Waals surface area contributed by atoms with Gasteiger partial charge in [-0.2, -0.15) is 18.4 Å². The number of anilines is 1. The Balaban J connectivity index is 1.68. The van der Waals surface area contributed by atoms with Crippen LogP contribution in [0.15, 0.2) is 42.9 Å². The Labute approximate surface area is 186 Å². The maximum absolute atomic E-state index is 13.2. The molecule has 0 bridgehead atoms. The van der Waals surface area contributed by atoms with Crippen molar-refractivity contribution in [3.05, 3.63) is 59.5 Å². The minimum atomic E-state index is -4.55. The Hall–Kier alpha value is -4.33. The first-order valence-corrected chi connectivity index (χ1v) is 9.60. The SMILES string of the molecule is COc1ccc(CNc2ncc(C#N)c(-c3c[nH]c4ncc(C(F)(F)F)cc34)n2)cc1OC. The summed E-state index contributed by atoms with van der Waals surface area (Å²) in [7, 11) is 3.07. The van der Waals surface area contributed by atoms with E-state index in [1.54, 1.807) is 19.2 Å². The Morgan fingerprint density at radius 3 is 2.58 bits per heavy atom. The van der Waals surface area contributed by atoms with Gasteiger partial charge in [0.2, 0.25) is 5.95 Å². The molecule has 3 heterocycles. The second kappa shape index (κ2) is 8.66. The van der Waals surface area contributed by atoms with Crippen LogP contribution in [0, 0.1) is 11.3 Å². The van der Waals surface area contributed by atoms with Gasteiger partial charge in [-0.25, -0.2) is 15.0 Å². The van der Waals surface area contributed by atoms with Crippen LogP contribution in [0.3, 0.4) is 0 Å². The van der Waals surface area contributed by atoms with Crippen molar-refractivity contribution < 1.29 is 22.6 Å². The number of ether oxygens (including phenoxy) is 2. The molecule has 0 fully saturated rings. The maximum Gasteiger partial charge on any atom is 0.417 e. The quantitative estimate of drug-likeness (QED) is 0.440. The third kappa shape index (κ3) is 4.36. The number of H-pyrrole nitrogens is 1. The van der Waals surface area contributed by atoms with Crippen molar-refractivity contribution >= 4 is 17.0 Å². The van der Waals surface area contributed by atoms with Crippen LogP contribution in [0.5, 0.6) is 11.5 Å². The van der Waals surface area contributed by atoms with Gasteiger partial charge >= 0.3 is 6.18 Å². The number of aromatic nitrogens is 4. The fourth-order valence-corrected chi connectivity index (χ4v) is 3.28. The normalized spacial score (nSPS) is 11.3. The standard InChI is InChI=1S/C22H17F3N6O2/c1-32-17-4-3-12(5-18(17)33-2)8-29-21-30-9-13(7-26)19(31-21)16-11-28-20-15(16)6-14(10-27-20)22(23,24)25/h3-6,9-11H,8H2,1-2H3,(H,27,28)(H,29,30,31). The summed E-state index contributed by atoms with van der Waals surface area (Å²) in [6.07, 6.45) is -1.01. The van der Waals surface area contributed by atoms with Crippen molar-refractivity contribution in [2.24, 2.45) is 0 Å². The molecule has 11 heteroatoms. The predicted molar refractivity (Wildman–Crippen MR) is 114 cm³/mol. The van der Waals surface area contributed by atoms with Gasteiger partial charge in [0, 0.05) is 29.9 Å². The van der Waals surface area contributed by atoms with Gasteiger partial charge in [0.05, 0.1) is 37.2 Å². The van der Waals surface area contributed by atoms with Gasteiger partial charge < -0.3 is 19.8 Å². The molecular weight excluding hydrogens is 437 g/mol. The molecule has 4 aromatic rings. The van der Waals surface area contributed by atoms with E-state index in [1.807, 2.05) is 12.1 Å². The van der Waals surface area contributed by atoms with Crippen molar-refractivity contribution in [3.8, 4) is 28.8 Å². The monoisotopic (exact) mass is 454 g/mol.